The first-order chi connectivity index (χ1) is 8.02. The second kappa shape index (κ2) is 8.37. The molecular weight excluding hydrogens is 224 g/mol. The molecule has 0 aromatic carbocycles. The summed E-state index contributed by atoms with van der Waals surface area (Å²) >= 11 is 0. The van der Waals surface area contributed by atoms with Gasteiger partial charge in [-0.05, 0) is 13.3 Å². The van der Waals surface area contributed by atoms with Gasteiger partial charge in [-0.25, -0.2) is 0 Å². The molecule has 0 fully saturated rings. The average Bonchev–Trinajstić information content (AvgIpc) is 2.34. The van der Waals surface area contributed by atoms with Crippen molar-refractivity contribution < 1.29 is 14.8 Å². The third-order valence-electron chi connectivity index (χ3n) is 2.18. The van der Waals surface area contributed by atoms with Crippen LogP contribution in [-0.4, -0.2) is 35.9 Å². The van der Waals surface area contributed by atoms with Gasteiger partial charge >= 0.3 is 0 Å². The van der Waals surface area contributed by atoms with Crippen molar-refractivity contribution in [2.45, 2.75) is 26.7 Å². The Morgan fingerprint density at radius 2 is 2.00 bits per heavy atom. The van der Waals surface area contributed by atoms with Crippen molar-refractivity contribution in [3.63, 3.8) is 0 Å². The fourth-order valence-corrected chi connectivity index (χ4v) is 1.03. The second-order valence-electron chi connectivity index (χ2n) is 3.64. The Labute approximate surface area is 100 Å². The first-order valence-electron chi connectivity index (χ1n) is 5.54. The summed E-state index contributed by atoms with van der Waals surface area (Å²) in [6.45, 7) is 4.34. The Kier molecular flexibility index (Phi) is 7.49. The molecule has 0 saturated carbocycles. The molecule has 2 amide bonds. The molecule has 0 aliphatic carbocycles. The predicted octanol–water partition coefficient (Wildman–Crippen LogP) is -0.599. The van der Waals surface area contributed by atoms with Gasteiger partial charge in [-0.3, -0.25) is 9.59 Å². The van der Waals surface area contributed by atoms with Gasteiger partial charge in [0.05, 0.1) is 5.92 Å². The van der Waals surface area contributed by atoms with E-state index in [4.69, 9.17) is 10.9 Å². The zero-order valence-electron chi connectivity index (χ0n) is 10.2. The van der Waals surface area contributed by atoms with Crippen molar-refractivity contribution >= 4 is 17.6 Å². The summed E-state index contributed by atoms with van der Waals surface area (Å²) in [5.41, 5.74) is 5.27. The summed E-state index contributed by atoms with van der Waals surface area (Å²) < 4.78 is 0. The van der Waals surface area contributed by atoms with Crippen LogP contribution in [0.3, 0.4) is 0 Å². The van der Waals surface area contributed by atoms with Crippen LogP contribution >= 0.6 is 0 Å². The lowest BCUT2D eigenvalue weighted by Crippen LogP contribution is -2.38. The fourth-order valence-electron chi connectivity index (χ4n) is 1.03. The molecule has 98 valence electrons. The van der Waals surface area contributed by atoms with Crippen molar-refractivity contribution in [1.82, 2.24) is 10.6 Å². The number of nitrogens with one attached hydrogen (secondary N) is 2. The first kappa shape index (κ1) is 15.2. The molecule has 0 aromatic heterocycles. The topological polar surface area (TPSA) is 117 Å². The van der Waals surface area contributed by atoms with Gasteiger partial charge in [-0.15, -0.1) is 0 Å². The van der Waals surface area contributed by atoms with Gasteiger partial charge in [0.1, 0.15) is 0 Å². The van der Waals surface area contributed by atoms with Gasteiger partial charge in [0.25, 0.3) is 0 Å². The van der Waals surface area contributed by atoms with Crippen molar-refractivity contribution in [2.24, 2.45) is 16.8 Å². The van der Waals surface area contributed by atoms with Crippen molar-refractivity contribution in [3.8, 4) is 0 Å². The van der Waals surface area contributed by atoms with Crippen molar-refractivity contribution in [2.75, 3.05) is 13.1 Å². The Morgan fingerprint density at radius 3 is 2.53 bits per heavy atom. The quantitative estimate of drug-likeness (QED) is 0.207. The molecule has 0 spiro atoms. The van der Waals surface area contributed by atoms with Crippen LogP contribution in [0, 0.1) is 5.92 Å². The van der Waals surface area contributed by atoms with E-state index in [0.717, 1.165) is 6.42 Å². The third kappa shape index (κ3) is 6.39. The number of amidine groups is 1. The first-order valence-corrected chi connectivity index (χ1v) is 5.54. The van der Waals surface area contributed by atoms with Gasteiger partial charge < -0.3 is 21.6 Å². The van der Waals surface area contributed by atoms with E-state index in [1.807, 2.05) is 6.92 Å². The van der Waals surface area contributed by atoms with Gasteiger partial charge in [0.15, 0.2) is 5.84 Å². The number of rotatable bonds is 7. The number of amides is 2. The molecule has 0 aliphatic heterocycles. The Morgan fingerprint density at radius 1 is 1.35 bits per heavy atom. The molecule has 1 atom stereocenters. The predicted molar refractivity (Wildman–Crippen MR) is 63.5 cm³/mol. The highest BCUT2D eigenvalue weighted by atomic mass is 16.4. The highest BCUT2D eigenvalue weighted by Crippen LogP contribution is 1.94. The Hall–Kier alpha value is -1.79. The second-order valence-corrected chi connectivity index (χ2v) is 3.64. The molecule has 0 aromatic rings. The number of oxime groups is 1. The van der Waals surface area contributed by atoms with E-state index in [1.165, 1.54) is 6.92 Å². The minimum atomic E-state index is -0.710. The molecule has 0 saturated heterocycles. The van der Waals surface area contributed by atoms with Gasteiger partial charge in [0, 0.05) is 19.5 Å². The molecule has 0 aliphatic rings. The normalized spacial score (nSPS) is 12.9. The molecule has 7 heteroatoms. The van der Waals surface area contributed by atoms with Crippen LogP contribution in [0.1, 0.15) is 26.7 Å². The molecule has 5 N–H and O–H groups in total. The van der Waals surface area contributed by atoms with E-state index < -0.39 is 5.92 Å². The lowest BCUT2D eigenvalue weighted by Gasteiger charge is -2.10. The van der Waals surface area contributed by atoms with Crippen LogP contribution in [0.4, 0.5) is 0 Å². The van der Waals surface area contributed by atoms with Crippen LogP contribution < -0.4 is 16.4 Å². The maximum Gasteiger partial charge on any atom is 0.230 e. The highest BCUT2D eigenvalue weighted by molar-refractivity contribution is 6.01. The summed E-state index contributed by atoms with van der Waals surface area (Å²) in [4.78, 5) is 22.6. The smallest absolute Gasteiger partial charge is 0.230 e. The third-order valence-corrected chi connectivity index (χ3v) is 2.18. The number of carbonyl (C=O) groups excluding carboxylic acids is 2. The molecule has 0 rings (SSSR count). The molecule has 17 heavy (non-hydrogen) atoms. The summed E-state index contributed by atoms with van der Waals surface area (Å²) in [6.07, 6.45) is 1.09. The monoisotopic (exact) mass is 244 g/mol. The van der Waals surface area contributed by atoms with Gasteiger partial charge in [-0.2, -0.15) is 0 Å². The largest absolute Gasteiger partial charge is 0.409 e. The molecule has 7 nitrogen and oxygen atoms in total. The van der Waals surface area contributed by atoms with Crippen molar-refractivity contribution in [3.05, 3.63) is 0 Å². The van der Waals surface area contributed by atoms with Crippen molar-refractivity contribution in [1.29, 1.82) is 0 Å². The minimum absolute atomic E-state index is 0.108. The lowest BCUT2D eigenvalue weighted by atomic mass is 10.1. The summed E-state index contributed by atoms with van der Waals surface area (Å²) in [7, 11) is 0. The standard InChI is InChI=1S/C10H20N4O3/c1-3-5-12-8(15)4-6-13-10(16)7(2)9(11)14-17/h7,17H,3-6H2,1-2H3,(H2,11,14)(H,12,15)(H,13,16). The zero-order valence-corrected chi connectivity index (χ0v) is 10.2. The Balaban J connectivity index is 3.82. The number of carbonyl (C=O) groups is 2. The van der Waals surface area contributed by atoms with Gasteiger partial charge in [-0.1, -0.05) is 12.1 Å². The SMILES string of the molecule is CCCNC(=O)CCNC(=O)C(C)C(N)=NO. The number of hydrogen-bond acceptors (Lipinski definition) is 4. The highest BCUT2D eigenvalue weighted by Gasteiger charge is 2.16. The summed E-state index contributed by atoms with van der Waals surface area (Å²) in [6, 6.07) is 0. The zero-order chi connectivity index (χ0) is 13.3. The van der Waals surface area contributed by atoms with E-state index >= 15 is 0 Å². The maximum absolute atomic E-state index is 11.4. The fraction of sp³-hybridized carbons (Fsp3) is 0.700. The molecule has 1 unspecified atom stereocenters. The van der Waals surface area contributed by atoms with Crippen LogP contribution in [0.5, 0.6) is 0 Å². The number of nitrogens with zero attached hydrogens (tertiary/aromatic N) is 1. The summed E-state index contributed by atoms with van der Waals surface area (Å²) in [5, 5.41) is 16.4. The molecular formula is C10H20N4O3. The molecule has 0 heterocycles. The van der Waals surface area contributed by atoms with Gasteiger partial charge in [0.2, 0.25) is 11.8 Å². The van der Waals surface area contributed by atoms with E-state index in [9.17, 15) is 9.59 Å². The summed E-state index contributed by atoms with van der Waals surface area (Å²) in [5.74, 6) is -1.34. The van der Waals surface area contributed by atoms with Crippen LogP contribution in [0.25, 0.3) is 0 Å². The van der Waals surface area contributed by atoms with E-state index in [1.54, 1.807) is 0 Å². The Bertz CT molecular complexity index is 291. The maximum atomic E-state index is 11.4. The van der Waals surface area contributed by atoms with E-state index in [2.05, 4.69) is 15.8 Å². The van der Waals surface area contributed by atoms with Crippen LogP contribution in [0.2, 0.25) is 0 Å². The lowest BCUT2D eigenvalue weighted by molar-refractivity contribution is -0.123. The minimum Gasteiger partial charge on any atom is -0.409 e. The number of hydrogen-bond donors (Lipinski definition) is 4. The number of nitrogens with two attached hydrogens (primary N) is 1. The van der Waals surface area contributed by atoms with E-state index in [0.29, 0.717) is 6.54 Å². The van der Waals surface area contributed by atoms with E-state index in [-0.39, 0.29) is 30.6 Å². The van der Waals surface area contributed by atoms with Crippen LogP contribution in [0.15, 0.2) is 5.16 Å². The molecule has 0 bridgehead atoms. The molecule has 0 radical (unpaired) electrons. The van der Waals surface area contributed by atoms with Crippen LogP contribution in [-0.2, 0) is 9.59 Å². The average molecular weight is 244 g/mol.